The molecule has 2 aromatic carbocycles. The molecule has 0 bridgehead atoms. The van der Waals surface area contributed by atoms with Gasteiger partial charge in [-0.15, -0.1) is 0 Å². The van der Waals surface area contributed by atoms with E-state index in [1.807, 2.05) is 0 Å². The number of hydrogen-bond donors (Lipinski definition) is 1. The molecule has 0 amide bonds. The number of nitrogens with one attached hydrogen (secondary N) is 1. The second-order valence-corrected chi connectivity index (χ2v) is 4.44. The Hall–Kier alpha value is -1.68. The molecule has 0 aliphatic carbocycles. The standard InChI is InChI=1S/C14H10ClF3N/c1-9-8-11(15)4-7-13(9)19-12-5-2-10(3-6-12)14(16,17)18/h2-8,19H,1H2. The summed E-state index contributed by atoms with van der Waals surface area (Å²) < 4.78 is 37.2. The van der Waals surface area contributed by atoms with E-state index in [9.17, 15) is 13.2 Å². The quantitative estimate of drug-likeness (QED) is 0.790. The lowest BCUT2D eigenvalue weighted by atomic mass is 10.1. The van der Waals surface area contributed by atoms with Crippen molar-refractivity contribution in [2.24, 2.45) is 0 Å². The summed E-state index contributed by atoms with van der Waals surface area (Å²) in [7, 11) is 0. The van der Waals surface area contributed by atoms with Gasteiger partial charge < -0.3 is 5.32 Å². The number of alkyl halides is 3. The Morgan fingerprint density at radius 1 is 1.00 bits per heavy atom. The third-order valence-corrected chi connectivity index (χ3v) is 2.79. The average Bonchev–Trinajstić information content (AvgIpc) is 2.32. The second-order valence-electron chi connectivity index (χ2n) is 4.00. The van der Waals surface area contributed by atoms with Crippen LogP contribution >= 0.6 is 11.6 Å². The first-order valence-electron chi connectivity index (χ1n) is 5.42. The van der Waals surface area contributed by atoms with E-state index in [2.05, 4.69) is 12.2 Å². The molecule has 99 valence electrons. The number of benzene rings is 2. The van der Waals surface area contributed by atoms with Gasteiger partial charge in [-0.2, -0.15) is 13.2 Å². The van der Waals surface area contributed by atoms with Crippen molar-refractivity contribution < 1.29 is 13.2 Å². The van der Waals surface area contributed by atoms with E-state index < -0.39 is 11.7 Å². The molecule has 0 atom stereocenters. The van der Waals surface area contributed by atoms with Crippen LogP contribution in [0.3, 0.4) is 0 Å². The molecule has 0 fully saturated rings. The minimum atomic E-state index is -4.32. The highest BCUT2D eigenvalue weighted by Gasteiger charge is 2.29. The monoisotopic (exact) mass is 284 g/mol. The minimum Gasteiger partial charge on any atom is -0.355 e. The molecular formula is C14H10ClF3N. The van der Waals surface area contributed by atoms with E-state index in [0.717, 1.165) is 12.1 Å². The Morgan fingerprint density at radius 2 is 1.63 bits per heavy atom. The molecule has 0 spiro atoms. The molecule has 5 heteroatoms. The summed E-state index contributed by atoms with van der Waals surface area (Å²) in [4.78, 5) is 0. The summed E-state index contributed by atoms with van der Waals surface area (Å²) in [5.41, 5.74) is 1.25. The van der Waals surface area contributed by atoms with Gasteiger partial charge in [-0.25, -0.2) is 0 Å². The lowest BCUT2D eigenvalue weighted by Gasteiger charge is -2.11. The lowest BCUT2D eigenvalue weighted by molar-refractivity contribution is -0.137. The topological polar surface area (TPSA) is 12.0 Å². The second kappa shape index (κ2) is 5.13. The zero-order valence-corrected chi connectivity index (χ0v) is 10.5. The zero-order valence-electron chi connectivity index (χ0n) is 9.76. The maximum atomic E-state index is 12.4. The van der Waals surface area contributed by atoms with Crippen LogP contribution in [0.15, 0.2) is 42.5 Å². The van der Waals surface area contributed by atoms with E-state index in [-0.39, 0.29) is 0 Å². The fourth-order valence-electron chi connectivity index (χ4n) is 1.58. The van der Waals surface area contributed by atoms with Gasteiger partial charge in [0.2, 0.25) is 0 Å². The number of anilines is 2. The fourth-order valence-corrected chi connectivity index (χ4v) is 1.78. The predicted molar refractivity (Wildman–Crippen MR) is 70.6 cm³/mol. The molecule has 19 heavy (non-hydrogen) atoms. The van der Waals surface area contributed by atoms with Crippen molar-refractivity contribution in [1.29, 1.82) is 0 Å². The maximum Gasteiger partial charge on any atom is 0.416 e. The van der Waals surface area contributed by atoms with Crippen molar-refractivity contribution in [3.63, 3.8) is 0 Å². The van der Waals surface area contributed by atoms with Crippen LogP contribution in [0.4, 0.5) is 24.5 Å². The summed E-state index contributed by atoms with van der Waals surface area (Å²) in [5.74, 6) is 0. The Balaban J connectivity index is 2.20. The molecule has 1 N–H and O–H groups in total. The van der Waals surface area contributed by atoms with Gasteiger partial charge in [0, 0.05) is 16.4 Å². The molecular weight excluding hydrogens is 275 g/mol. The summed E-state index contributed by atoms with van der Waals surface area (Å²) in [5, 5.41) is 3.55. The van der Waals surface area contributed by atoms with Crippen molar-refractivity contribution in [3.8, 4) is 0 Å². The first-order valence-corrected chi connectivity index (χ1v) is 5.80. The van der Waals surface area contributed by atoms with Gasteiger partial charge in [0.15, 0.2) is 0 Å². The highest BCUT2D eigenvalue weighted by atomic mass is 35.5. The molecule has 0 saturated carbocycles. The van der Waals surface area contributed by atoms with Gasteiger partial charge in [-0.3, -0.25) is 0 Å². The third kappa shape index (κ3) is 3.41. The predicted octanol–water partition coefficient (Wildman–Crippen LogP) is 5.28. The first-order chi connectivity index (χ1) is 8.86. The number of rotatable bonds is 2. The SMILES string of the molecule is [CH2]c1cc(Cl)ccc1Nc1ccc(C(F)(F)F)cc1. The van der Waals surface area contributed by atoms with Gasteiger partial charge in [-0.05, 0) is 55.0 Å². The smallest absolute Gasteiger partial charge is 0.355 e. The van der Waals surface area contributed by atoms with E-state index >= 15 is 0 Å². The summed E-state index contributed by atoms with van der Waals surface area (Å²) in [6.07, 6.45) is -4.32. The first kappa shape index (κ1) is 13.7. The van der Waals surface area contributed by atoms with Gasteiger partial charge in [0.05, 0.1) is 5.56 Å². The van der Waals surface area contributed by atoms with Crippen LogP contribution in [-0.2, 0) is 6.18 Å². The Kier molecular flexibility index (Phi) is 3.71. The third-order valence-electron chi connectivity index (χ3n) is 2.56. The van der Waals surface area contributed by atoms with E-state index in [1.54, 1.807) is 18.2 Å². The van der Waals surface area contributed by atoms with Crippen molar-refractivity contribution in [2.75, 3.05) is 5.32 Å². The number of hydrogen-bond acceptors (Lipinski definition) is 1. The molecule has 0 heterocycles. The Morgan fingerprint density at radius 3 is 2.16 bits per heavy atom. The highest BCUT2D eigenvalue weighted by Crippen LogP contribution is 2.31. The zero-order chi connectivity index (χ0) is 14.0. The lowest BCUT2D eigenvalue weighted by Crippen LogP contribution is -2.04. The van der Waals surface area contributed by atoms with E-state index in [1.165, 1.54) is 12.1 Å². The Bertz CT molecular complexity index is 576. The summed E-state index contributed by atoms with van der Waals surface area (Å²) in [6.45, 7) is 3.81. The molecule has 1 radical (unpaired) electrons. The molecule has 0 saturated heterocycles. The molecule has 1 nitrogen and oxygen atoms in total. The molecule has 2 rings (SSSR count). The van der Waals surface area contributed by atoms with Crippen LogP contribution < -0.4 is 5.32 Å². The normalized spacial score (nSPS) is 11.4. The molecule has 0 unspecified atom stereocenters. The minimum absolute atomic E-state index is 0.556. The van der Waals surface area contributed by atoms with Gasteiger partial charge in [0.25, 0.3) is 0 Å². The maximum absolute atomic E-state index is 12.4. The van der Waals surface area contributed by atoms with Crippen LogP contribution in [0.2, 0.25) is 5.02 Å². The van der Waals surface area contributed by atoms with Gasteiger partial charge in [0.1, 0.15) is 0 Å². The van der Waals surface area contributed by atoms with E-state index in [4.69, 9.17) is 11.6 Å². The van der Waals surface area contributed by atoms with Crippen molar-refractivity contribution in [3.05, 3.63) is 65.5 Å². The summed E-state index contributed by atoms with van der Waals surface area (Å²) >= 11 is 5.80. The van der Waals surface area contributed by atoms with Gasteiger partial charge in [-0.1, -0.05) is 11.6 Å². The Labute approximate surface area is 114 Å². The fraction of sp³-hybridized carbons (Fsp3) is 0.0714. The van der Waals surface area contributed by atoms with Crippen LogP contribution in [0.25, 0.3) is 0 Å². The average molecular weight is 285 g/mol. The molecule has 0 aliphatic rings. The number of halogens is 4. The van der Waals surface area contributed by atoms with Crippen molar-refractivity contribution >= 4 is 23.0 Å². The van der Waals surface area contributed by atoms with Crippen molar-refractivity contribution in [1.82, 2.24) is 0 Å². The van der Waals surface area contributed by atoms with Crippen LogP contribution in [0.1, 0.15) is 11.1 Å². The van der Waals surface area contributed by atoms with Crippen LogP contribution in [0, 0.1) is 6.92 Å². The highest BCUT2D eigenvalue weighted by molar-refractivity contribution is 6.30. The summed E-state index contributed by atoms with van der Waals surface area (Å²) in [6, 6.07) is 9.88. The van der Waals surface area contributed by atoms with Crippen LogP contribution in [-0.4, -0.2) is 0 Å². The largest absolute Gasteiger partial charge is 0.416 e. The molecule has 0 aromatic heterocycles. The van der Waals surface area contributed by atoms with Crippen molar-refractivity contribution in [2.45, 2.75) is 6.18 Å². The van der Waals surface area contributed by atoms with Crippen LogP contribution in [0.5, 0.6) is 0 Å². The molecule has 0 aliphatic heterocycles. The van der Waals surface area contributed by atoms with E-state index in [0.29, 0.717) is 22.0 Å². The molecule has 2 aromatic rings. The van der Waals surface area contributed by atoms with Gasteiger partial charge >= 0.3 is 6.18 Å².